The monoisotopic (exact) mass is 323 g/mol. The van der Waals surface area contributed by atoms with E-state index in [9.17, 15) is 0 Å². The second-order valence-electron chi connectivity index (χ2n) is 6.87. The summed E-state index contributed by atoms with van der Waals surface area (Å²) in [5.41, 5.74) is 8.82. The largest absolute Gasteiger partial charge is 0.486 e. The van der Waals surface area contributed by atoms with E-state index in [-0.39, 0.29) is 5.41 Å². The minimum Gasteiger partial charge on any atom is -0.486 e. The molecule has 3 nitrogen and oxygen atoms in total. The molecule has 2 aliphatic rings. The lowest BCUT2D eigenvalue weighted by molar-refractivity contribution is 0.168. The molecule has 4 heteroatoms. The van der Waals surface area contributed by atoms with Crippen LogP contribution in [0.3, 0.4) is 0 Å². The summed E-state index contributed by atoms with van der Waals surface area (Å²) < 4.78 is 11.7. The van der Waals surface area contributed by atoms with E-state index < -0.39 is 0 Å². The molecule has 1 aliphatic heterocycles. The second-order valence-corrected chi connectivity index (χ2v) is 7.28. The van der Waals surface area contributed by atoms with E-state index >= 15 is 0 Å². The molecule has 1 saturated carbocycles. The summed E-state index contributed by atoms with van der Waals surface area (Å²) in [7, 11) is 0. The van der Waals surface area contributed by atoms with Gasteiger partial charge < -0.3 is 15.2 Å². The third-order valence-corrected chi connectivity index (χ3v) is 5.44. The number of hydrogen-bond acceptors (Lipinski definition) is 3. The molecule has 0 amide bonds. The lowest BCUT2D eigenvalue weighted by Gasteiger charge is -2.40. The summed E-state index contributed by atoms with van der Waals surface area (Å²) in [6.07, 6.45) is 6.05. The zero-order chi connectivity index (χ0) is 15.7. The first-order chi connectivity index (χ1) is 10.6. The van der Waals surface area contributed by atoms with Crippen molar-refractivity contribution < 1.29 is 9.47 Å². The maximum Gasteiger partial charge on any atom is 0.180 e. The van der Waals surface area contributed by atoms with Crippen molar-refractivity contribution in [2.24, 2.45) is 5.73 Å². The van der Waals surface area contributed by atoms with Crippen LogP contribution in [0.4, 0.5) is 0 Å². The van der Waals surface area contributed by atoms with E-state index in [1.54, 1.807) is 0 Å². The van der Waals surface area contributed by atoms with Crippen molar-refractivity contribution in [1.29, 1.82) is 0 Å². The zero-order valence-corrected chi connectivity index (χ0v) is 14.3. The predicted octanol–water partition coefficient (Wildman–Crippen LogP) is 4.40. The molecule has 1 aromatic rings. The highest BCUT2D eigenvalue weighted by molar-refractivity contribution is 6.32. The van der Waals surface area contributed by atoms with Crippen LogP contribution in [0.25, 0.3) is 0 Å². The lowest BCUT2D eigenvalue weighted by atomic mass is 9.67. The highest BCUT2D eigenvalue weighted by Crippen LogP contribution is 2.50. The van der Waals surface area contributed by atoms with Crippen LogP contribution in [0.2, 0.25) is 5.02 Å². The third kappa shape index (κ3) is 2.59. The average Bonchev–Trinajstić information content (AvgIpc) is 2.55. The number of rotatable bonds is 3. The van der Waals surface area contributed by atoms with Gasteiger partial charge >= 0.3 is 0 Å². The van der Waals surface area contributed by atoms with Gasteiger partial charge in [0.25, 0.3) is 0 Å². The van der Waals surface area contributed by atoms with Crippen molar-refractivity contribution in [2.75, 3.05) is 19.8 Å². The van der Waals surface area contributed by atoms with Crippen molar-refractivity contribution in [3.8, 4) is 11.5 Å². The fourth-order valence-electron chi connectivity index (χ4n) is 4.01. The summed E-state index contributed by atoms with van der Waals surface area (Å²) in [4.78, 5) is 0. The van der Waals surface area contributed by atoms with Crippen molar-refractivity contribution in [3.05, 3.63) is 22.2 Å². The van der Waals surface area contributed by atoms with Crippen LogP contribution < -0.4 is 15.2 Å². The number of hydrogen-bond donors (Lipinski definition) is 1. The average molecular weight is 324 g/mol. The highest BCUT2D eigenvalue weighted by Gasteiger charge is 2.38. The SMILES string of the molecule is CC(C)c1c(C2(CN)CCCCC2)cc(Cl)c2c1OCCO2. The molecule has 0 bridgehead atoms. The first-order valence-corrected chi connectivity index (χ1v) is 8.79. The highest BCUT2D eigenvalue weighted by atomic mass is 35.5. The van der Waals surface area contributed by atoms with Gasteiger partial charge in [-0.3, -0.25) is 0 Å². The quantitative estimate of drug-likeness (QED) is 0.897. The Labute approximate surface area is 138 Å². The summed E-state index contributed by atoms with van der Waals surface area (Å²) in [5.74, 6) is 1.92. The van der Waals surface area contributed by atoms with E-state index in [1.807, 2.05) is 0 Å². The van der Waals surface area contributed by atoms with Crippen molar-refractivity contribution in [2.45, 2.75) is 57.3 Å². The summed E-state index contributed by atoms with van der Waals surface area (Å²) >= 11 is 6.52. The van der Waals surface area contributed by atoms with Gasteiger partial charge in [-0.2, -0.15) is 0 Å². The van der Waals surface area contributed by atoms with Crippen LogP contribution in [-0.4, -0.2) is 19.8 Å². The Bertz CT molecular complexity index is 551. The maximum absolute atomic E-state index is 6.52. The third-order valence-electron chi connectivity index (χ3n) is 5.16. The fraction of sp³-hybridized carbons (Fsp3) is 0.667. The Morgan fingerprint density at radius 2 is 1.77 bits per heavy atom. The molecule has 0 aromatic heterocycles. The predicted molar refractivity (Wildman–Crippen MR) is 90.3 cm³/mol. The summed E-state index contributed by atoms with van der Waals surface area (Å²) in [5, 5.41) is 0.660. The molecular weight excluding hydrogens is 298 g/mol. The number of halogens is 1. The minimum atomic E-state index is 0.0390. The van der Waals surface area contributed by atoms with Gasteiger partial charge in [0, 0.05) is 17.5 Å². The van der Waals surface area contributed by atoms with Crippen LogP contribution in [0.15, 0.2) is 6.07 Å². The van der Waals surface area contributed by atoms with Crippen LogP contribution in [0.5, 0.6) is 11.5 Å². The summed E-state index contributed by atoms with van der Waals surface area (Å²) in [6, 6.07) is 2.10. The van der Waals surface area contributed by atoms with Crippen LogP contribution in [0.1, 0.15) is 63.0 Å². The molecule has 0 saturated heterocycles. The Balaban J connectivity index is 2.19. The number of fused-ring (bicyclic) bond motifs is 1. The van der Waals surface area contributed by atoms with Crippen molar-refractivity contribution >= 4 is 11.6 Å². The van der Waals surface area contributed by atoms with Crippen molar-refractivity contribution in [1.82, 2.24) is 0 Å². The summed E-state index contributed by atoms with van der Waals surface area (Å²) in [6.45, 7) is 6.23. The topological polar surface area (TPSA) is 44.5 Å². The molecule has 2 N–H and O–H groups in total. The molecule has 0 radical (unpaired) electrons. The number of benzene rings is 1. The van der Waals surface area contributed by atoms with E-state index in [0.717, 1.165) is 18.6 Å². The van der Waals surface area contributed by atoms with E-state index in [1.165, 1.54) is 30.4 Å². The number of ether oxygens (including phenoxy) is 2. The van der Waals surface area contributed by atoms with Gasteiger partial charge in [0.05, 0.1) is 5.02 Å². The van der Waals surface area contributed by atoms with E-state index in [4.69, 9.17) is 26.8 Å². The van der Waals surface area contributed by atoms with Gasteiger partial charge in [-0.15, -0.1) is 0 Å². The molecule has 1 aliphatic carbocycles. The second kappa shape index (κ2) is 6.29. The van der Waals surface area contributed by atoms with E-state index in [2.05, 4.69) is 19.9 Å². The number of nitrogens with two attached hydrogens (primary N) is 1. The first kappa shape index (κ1) is 15.9. The molecule has 3 rings (SSSR count). The van der Waals surface area contributed by atoms with Gasteiger partial charge in [-0.25, -0.2) is 0 Å². The molecule has 122 valence electrons. The smallest absolute Gasteiger partial charge is 0.180 e. The Morgan fingerprint density at radius 3 is 2.36 bits per heavy atom. The van der Waals surface area contributed by atoms with Crippen LogP contribution in [-0.2, 0) is 5.41 Å². The molecule has 1 heterocycles. The Kier molecular flexibility index (Phi) is 4.56. The Morgan fingerprint density at radius 1 is 1.14 bits per heavy atom. The molecule has 0 atom stereocenters. The van der Waals surface area contributed by atoms with Gasteiger partial charge in [0.2, 0.25) is 0 Å². The minimum absolute atomic E-state index is 0.0390. The normalized spacial score (nSPS) is 20.2. The van der Waals surface area contributed by atoms with Gasteiger partial charge in [0.15, 0.2) is 11.5 Å². The fourth-order valence-corrected chi connectivity index (χ4v) is 4.26. The lowest BCUT2D eigenvalue weighted by Crippen LogP contribution is -2.38. The van der Waals surface area contributed by atoms with Gasteiger partial charge in [0.1, 0.15) is 13.2 Å². The molecule has 1 aromatic carbocycles. The first-order valence-electron chi connectivity index (χ1n) is 8.41. The van der Waals surface area contributed by atoms with Crippen LogP contribution >= 0.6 is 11.6 Å². The molecule has 1 fully saturated rings. The van der Waals surface area contributed by atoms with Gasteiger partial charge in [-0.05, 0) is 30.4 Å². The Hall–Kier alpha value is -0.930. The van der Waals surface area contributed by atoms with Crippen LogP contribution in [0, 0.1) is 0 Å². The molecule has 0 spiro atoms. The van der Waals surface area contributed by atoms with E-state index in [0.29, 0.717) is 36.4 Å². The van der Waals surface area contributed by atoms with Crippen molar-refractivity contribution in [3.63, 3.8) is 0 Å². The molecular formula is C18H26ClNO2. The maximum atomic E-state index is 6.52. The molecule has 0 unspecified atom stereocenters. The zero-order valence-electron chi connectivity index (χ0n) is 13.6. The van der Waals surface area contributed by atoms with Gasteiger partial charge in [-0.1, -0.05) is 44.7 Å². The molecule has 22 heavy (non-hydrogen) atoms. The standard InChI is InChI=1S/C18H26ClNO2/c1-12(2)15-13(18(11-20)6-4-3-5-7-18)10-14(19)16-17(15)22-9-8-21-16/h10,12H,3-9,11,20H2,1-2H3.